The molecule has 0 aliphatic rings. The first-order valence-electron chi connectivity index (χ1n) is 15.2. The minimum atomic E-state index is -0.681. The number of carboxylic acid groups (broad SMARTS) is 1. The Morgan fingerprint density at radius 1 is 0.605 bits per heavy atom. The Morgan fingerprint density at radius 3 is 1.39 bits per heavy atom. The van der Waals surface area contributed by atoms with E-state index in [1.165, 1.54) is 77.0 Å². The average molecular weight is 557 g/mol. The lowest BCUT2D eigenvalue weighted by Gasteiger charge is -2.17. The van der Waals surface area contributed by atoms with Crippen molar-refractivity contribution in [3.05, 3.63) is 0 Å². The highest BCUT2D eigenvalue weighted by Gasteiger charge is 2.18. The Bertz CT molecular complexity index is 642. The number of nitrogens with one attached hydrogen (secondary N) is 2. The summed E-state index contributed by atoms with van der Waals surface area (Å²) in [5.41, 5.74) is 0. The van der Waals surface area contributed by atoms with Crippen LogP contribution >= 0.6 is 12.6 Å². The molecular weight excluding hydrogens is 500 g/mol. The van der Waals surface area contributed by atoms with Crippen molar-refractivity contribution >= 4 is 35.5 Å². The average Bonchev–Trinajstić information content (AvgIpc) is 2.85. The van der Waals surface area contributed by atoms with Gasteiger partial charge in [0.25, 0.3) is 0 Å². The van der Waals surface area contributed by atoms with Crippen molar-refractivity contribution in [1.82, 2.24) is 10.6 Å². The normalized spacial score (nSPS) is 11.9. The predicted octanol–water partition coefficient (Wildman–Crippen LogP) is 6.98. The highest BCUT2D eigenvalue weighted by molar-refractivity contribution is 7.96. The Labute approximate surface area is 237 Å². The molecule has 0 aliphatic heterocycles. The molecule has 0 saturated heterocycles. The molecule has 0 aromatic carbocycles. The number of rotatable bonds is 27. The van der Waals surface area contributed by atoms with Crippen LogP contribution in [-0.4, -0.2) is 40.6 Å². The summed E-state index contributed by atoms with van der Waals surface area (Å²) in [5.74, 6) is -0.514. The summed E-state index contributed by atoms with van der Waals surface area (Å²) in [6.07, 6.45) is 21.4. The van der Waals surface area contributed by atoms with Gasteiger partial charge in [-0.25, -0.2) is 0 Å². The third kappa shape index (κ3) is 26.1. The monoisotopic (exact) mass is 556 g/mol. The summed E-state index contributed by atoms with van der Waals surface area (Å²) in [6, 6.07) is -0.545. The molecule has 0 aromatic heterocycles. The number of carbonyl (C=O) groups excluding carboxylic acids is 3. The van der Waals surface area contributed by atoms with Crippen LogP contribution in [0.25, 0.3) is 0 Å². The molecule has 8 heteroatoms. The maximum absolute atomic E-state index is 12.0. The lowest BCUT2D eigenvalue weighted by atomic mass is 10.0. The number of carboxylic acids is 1. The van der Waals surface area contributed by atoms with Crippen molar-refractivity contribution in [2.45, 2.75) is 155 Å². The minimum Gasteiger partial charge on any atom is -0.481 e. The maximum Gasteiger partial charge on any atom is 0.303 e. The molecule has 0 radical (unpaired) electrons. The number of amides is 2. The van der Waals surface area contributed by atoms with E-state index in [-0.39, 0.29) is 23.4 Å². The Kier molecular flexibility index (Phi) is 24.6. The number of thiol groups is 1. The van der Waals surface area contributed by atoms with E-state index in [4.69, 9.17) is 5.11 Å². The van der Waals surface area contributed by atoms with Gasteiger partial charge in [-0.05, 0) is 31.6 Å². The minimum absolute atomic E-state index is 0.0480. The van der Waals surface area contributed by atoms with Crippen LogP contribution in [0.5, 0.6) is 0 Å². The van der Waals surface area contributed by atoms with Gasteiger partial charge in [-0.2, -0.15) is 0 Å². The quantitative estimate of drug-likeness (QED) is 0.0644. The van der Waals surface area contributed by atoms with Crippen LogP contribution in [0.4, 0.5) is 0 Å². The number of carbonyl (C=O) groups is 4. The van der Waals surface area contributed by atoms with Crippen LogP contribution in [0, 0.1) is 5.92 Å². The van der Waals surface area contributed by atoms with Gasteiger partial charge in [0.05, 0.1) is 6.04 Å². The first-order chi connectivity index (χ1) is 18.2. The highest BCUT2D eigenvalue weighted by atomic mass is 32.1. The molecule has 38 heavy (non-hydrogen) atoms. The second-order valence-electron chi connectivity index (χ2n) is 11.1. The topological polar surface area (TPSA) is 113 Å². The summed E-state index contributed by atoms with van der Waals surface area (Å²) in [4.78, 5) is 46.0. The van der Waals surface area contributed by atoms with Gasteiger partial charge in [0.2, 0.25) is 16.9 Å². The molecule has 2 amide bonds. The van der Waals surface area contributed by atoms with Crippen LogP contribution in [0.15, 0.2) is 0 Å². The lowest BCUT2D eigenvalue weighted by molar-refractivity contribution is -0.137. The zero-order valence-electron chi connectivity index (χ0n) is 24.2. The van der Waals surface area contributed by atoms with Gasteiger partial charge in [-0.15, -0.1) is 12.6 Å². The summed E-state index contributed by atoms with van der Waals surface area (Å²) >= 11 is 3.86. The van der Waals surface area contributed by atoms with Crippen molar-refractivity contribution in [2.75, 3.05) is 6.54 Å². The molecule has 0 heterocycles. The Morgan fingerprint density at radius 2 is 1.00 bits per heavy atom. The van der Waals surface area contributed by atoms with Crippen LogP contribution < -0.4 is 10.6 Å². The smallest absolute Gasteiger partial charge is 0.303 e. The zero-order valence-corrected chi connectivity index (χ0v) is 25.1. The van der Waals surface area contributed by atoms with E-state index in [2.05, 4.69) is 23.3 Å². The lowest BCUT2D eigenvalue weighted by Crippen LogP contribution is -2.40. The van der Waals surface area contributed by atoms with E-state index in [1.807, 2.05) is 13.8 Å². The van der Waals surface area contributed by atoms with Gasteiger partial charge in [0, 0.05) is 25.8 Å². The van der Waals surface area contributed by atoms with Gasteiger partial charge < -0.3 is 15.7 Å². The van der Waals surface area contributed by atoms with E-state index < -0.39 is 12.0 Å². The molecule has 0 saturated carbocycles. The molecule has 7 nitrogen and oxygen atoms in total. The van der Waals surface area contributed by atoms with Gasteiger partial charge >= 0.3 is 5.97 Å². The molecule has 0 fully saturated rings. The molecule has 222 valence electrons. The number of unbranched alkanes of at least 4 members (excludes halogenated alkanes) is 15. The van der Waals surface area contributed by atoms with Gasteiger partial charge in [-0.3, -0.25) is 19.2 Å². The van der Waals surface area contributed by atoms with Crippen LogP contribution in [0.2, 0.25) is 0 Å². The van der Waals surface area contributed by atoms with E-state index in [0.717, 1.165) is 25.7 Å². The largest absolute Gasteiger partial charge is 0.481 e. The molecule has 0 aromatic rings. The van der Waals surface area contributed by atoms with Gasteiger partial charge in [-0.1, -0.05) is 104 Å². The number of hydrogen-bond acceptors (Lipinski definition) is 4. The predicted molar refractivity (Wildman–Crippen MR) is 158 cm³/mol. The number of hydrogen-bond donors (Lipinski definition) is 4. The fourth-order valence-corrected chi connectivity index (χ4v) is 4.73. The van der Waals surface area contributed by atoms with E-state index in [1.54, 1.807) is 0 Å². The van der Waals surface area contributed by atoms with E-state index >= 15 is 0 Å². The molecular formula is C30H56N2O5S. The summed E-state index contributed by atoms with van der Waals surface area (Å²) in [6.45, 7) is 4.47. The summed E-state index contributed by atoms with van der Waals surface area (Å²) in [5, 5.41) is 13.9. The maximum atomic E-state index is 12.0. The second-order valence-corrected chi connectivity index (χ2v) is 11.5. The van der Waals surface area contributed by atoms with Crippen molar-refractivity contribution in [3.63, 3.8) is 0 Å². The van der Waals surface area contributed by atoms with E-state index in [9.17, 15) is 19.2 Å². The summed E-state index contributed by atoms with van der Waals surface area (Å²) < 4.78 is 0. The van der Waals surface area contributed by atoms with Crippen molar-refractivity contribution in [2.24, 2.45) is 5.92 Å². The standard InChI is InChI=1S/C30H56N2O5S/c1-25(2)24-26(30(37)38)32-28(34)21-19-23-31-27(33)20-17-15-13-11-9-7-5-3-4-6-8-10-12-14-16-18-22-29(35)36/h25-26H,3-24H2,1-2H3,(H,31,33)(H,32,34)(H,35,36)(H,37,38)/t26-/m0/s1. The molecule has 0 aliphatic carbocycles. The Hall–Kier alpha value is -1.57. The van der Waals surface area contributed by atoms with Crippen LogP contribution in [0.3, 0.4) is 0 Å². The first-order valence-corrected chi connectivity index (χ1v) is 15.7. The second kappa shape index (κ2) is 25.7. The molecule has 0 bridgehead atoms. The first kappa shape index (κ1) is 36.4. The third-order valence-corrected chi connectivity index (χ3v) is 7.10. The molecule has 1 atom stereocenters. The van der Waals surface area contributed by atoms with Crippen molar-refractivity contribution in [1.29, 1.82) is 0 Å². The Balaban J connectivity index is 3.41. The van der Waals surface area contributed by atoms with Gasteiger partial charge in [0.15, 0.2) is 0 Å². The van der Waals surface area contributed by atoms with E-state index in [0.29, 0.717) is 38.1 Å². The molecule has 0 rings (SSSR count). The van der Waals surface area contributed by atoms with Crippen LogP contribution in [0.1, 0.15) is 149 Å². The summed E-state index contributed by atoms with van der Waals surface area (Å²) in [7, 11) is 0. The molecule has 3 N–H and O–H groups in total. The third-order valence-electron chi connectivity index (χ3n) is 6.79. The fraction of sp³-hybridized carbons (Fsp3) is 0.867. The SMILES string of the molecule is CC(C)C[C@H](NC(=O)CCCNC(=O)CCCCCCCCCCCCCCCCCCC(=O)O)C(=O)S. The fourth-order valence-electron chi connectivity index (χ4n) is 4.56. The van der Waals surface area contributed by atoms with Crippen LogP contribution in [-0.2, 0) is 19.2 Å². The highest BCUT2D eigenvalue weighted by Crippen LogP contribution is 2.14. The van der Waals surface area contributed by atoms with Crippen molar-refractivity contribution in [3.8, 4) is 0 Å². The molecule has 0 spiro atoms. The number of aliphatic carboxylic acids is 1. The van der Waals surface area contributed by atoms with Gasteiger partial charge in [0.1, 0.15) is 0 Å². The zero-order chi connectivity index (χ0) is 28.4. The van der Waals surface area contributed by atoms with Crippen molar-refractivity contribution < 1.29 is 24.3 Å². The molecule has 0 unspecified atom stereocenters.